The summed E-state index contributed by atoms with van der Waals surface area (Å²) in [6, 6.07) is 0. The van der Waals surface area contributed by atoms with Crippen molar-refractivity contribution < 1.29 is 23.5 Å². The Labute approximate surface area is 59.2 Å². The van der Waals surface area contributed by atoms with Gasteiger partial charge in [-0.25, -0.2) is 0 Å². The van der Waals surface area contributed by atoms with Crippen LogP contribution in [0.1, 0.15) is 12.8 Å². The fraction of sp³-hybridized carbons (Fsp3) is 1.00. The molecule has 0 amide bonds. The fourth-order valence-electron chi connectivity index (χ4n) is 0.510. The van der Waals surface area contributed by atoms with Crippen LogP contribution in [0.25, 0.3) is 0 Å². The van der Waals surface area contributed by atoms with Gasteiger partial charge in [0.05, 0.1) is 0 Å². The zero-order chi connectivity index (χ0) is 5.54. The summed E-state index contributed by atoms with van der Waals surface area (Å²) in [5, 5.41) is 0. The molecule has 1 heterocycles. The van der Waals surface area contributed by atoms with Crippen molar-refractivity contribution in [2.24, 2.45) is 0 Å². The summed E-state index contributed by atoms with van der Waals surface area (Å²) in [5.41, 5.74) is 0. The van der Waals surface area contributed by atoms with Gasteiger partial charge in [0, 0.05) is 13.2 Å². The Hall–Kier alpha value is 0.938. The van der Waals surface area contributed by atoms with Crippen LogP contribution >= 0.6 is 9.42 Å². The quantitative estimate of drug-likeness (QED) is 0.659. The van der Waals surface area contributed by atoms with E-state index in [0.717, 1.165) is 13.2 Å². The van der Waals surface area contributed by atoms with E-state index < -0.39 is 0 Å². The molecule has 0 saturated carbocycles. The molecular formula is C4H8ClOPt. The zero-order valence-electron chi connectivity index (χ0n) is 3.93. The van der Waals surface area contributed by atoms with Gasteiger partial charge in [-0.2, -0.15) is 0 Å². The summed E-state index contributed by atoms with van der Waals surface area (Å²) in [4.78, 5) is 0. The first-order valence-corrected chi connectivity index (χ1v) is 5.01. The van der Waals surface area contributed by atoms with Crippen molar-refractivity contribution in [1.29, 1.82) is 0 Å². The first-order valence-electron chi connectivity index (χ1n) is 2.20. The molecule has 1 aliphatic heterocycles. The topological polar surface area (TPSA) is 9.23 Å². The van der Waals surface area contributed by atoms with Crippen LogP contribution in [0.15, 0.2) is 0 Å². The molecule has 0 aromatic heterocycles. The molecule has 1 nitrogen and oxygen atoms in total. The molecule has 0 radical (unpaired) electrons. The third kappa shape index (κ3) is 4.80. The molecule has 0 atom stereocenters. The molecular weight excluding hydrogens is 295 g/mol. The van der Waals surface area contributed by atoms with Crippen molar-refractivity contribution in [2.75, 3.05) is 13.2 Å². The van der Waals surface area contributed by atoms with Crippen LogP contribution in [0.2, 0.25) is 0 Å². The average molecular weight is 303 g/mol. The first kappa shape index (κ1) is 7.94. The summed E-state index contributed by atoms with van der Waals surface area (Å²) in [5.74, 6) is 0. The van der Waals surface area contributed by atoms with E-state index in [9.17, 15) is 0 Å². The van der Waals surface area contributed by atoms with Crippen molar-refractivity contribution in [2.45, 2.75) is 12.8 Å². The molecule has 47 valence electrons. The Balaban J connectivity index is 0.000000162. The Bertz CT molecular complexity index is 23.3. The SMILES string of the molecule is C1CCOC1.[Cl][Pt]. The number of hydrogen-bond donors (Lipinski definition) is 0. The monoisotopic (exact) mass is 302 g/mol. The first-order chi connectivity index (χ1) is 3.50. The van der Waals surface area contributed by atoms with Gasteiger partial charge in [0.1, 0.15) is 0 Å². The van der Waals surface area contributed by atoms with Crippen LogP contribution in [0.3, 0.4) is 0 Å². The standard InChI is InChI=1S/C4H8O.ClH.Pt/c1-2-4-5-3-1;;/h1-4H2;1H;/q;;+1/p-1. The molecule has 1 aliphatic rings. The van der Waals surface area contributed by atoms with Crippen molar-refractivity contribution in [3.05, 3.63) is 0 Å². The van der Waals surface area contributed by atoms with E-state index in [2.05, 4.69) is 9.42 Å². The van der Waals surface area contributed by atoms with Gasteiger partial charge in [0.25, 0.3) is 0 Å². The Morgan fingerprint density at radius 1 is 1.14 bits per heavy atom. The van der Waals surface area contributed by atoms with Crippen LogP contribution in [-0.4, -0.2) is 13.2 Å². The van der Waals surface area contributed by atoms with Crippen molar-refractivity contribution in [3.8, 4) is 0 Å². The van der Waals surface area contributed by atoms with E-state index in [1.54, 1.807) is 18.8 Å². The molecule has 7 heavy (non-hydrogen) atoms. The molecule has 0 aromatic carbocycles. The van der Waals surface area contributed by atoms with E-state index in [1.165, 1.54) is 12.8 Å². The second-order valence-electron chi connectivity index (χ2n) is 1.32. The summed E-state index contributed by atoms with van der Waals surface area (Å²) in [7, 11) is 4.61. The van der Waals surface area contributed by atoms with Gasteiger partial charge in [-0.15, -0.1) is 0 Å². The maximum atomic E-state index is 4.94. The van der Waals surface area contributed by atoms with E-state index in [4.69, 9.17) is 4.74 Å². The van der Waals surface area contributed by atoms with Gasteiger partial charge < -0.3 is 4.74 Å². The second-order valence-corrected chi connectivity index (χ2v) is 1.32. The summed E-state index contributed by atoms with van der Waals surface area (Å²) >= 11 is 1.61. The summed E-state index contributed by atoms with van der Waals surface area (Å²) < 4.78 is 4.94. The van der Waals surface area contributed by atoms with Gasteiger partial charge in [-0.05, 0) is 12.8 Å². The Morgan fingerprint density at radius 3 is 1.71 bits per heavy atom. The van der Waals surface area contributed by atoms with Crippen LogP contribution in [-0.2, 0) is 23.5 Å². The third-order valence-corrected chi connectivity index (χ3v) is 0.827. The molecule has 0 N–H and O–H groups in total. The number of hydrogen-bond acceptors (Lipinski definition) is 1. The van der Waals surface area contributed by atoms with E-state index in [-0.39, 0.29) is 0 Å². The van der Waals surface area contributed by atoms with Crippen LogP contribution < -0.4 is 0 Å². The predicted molar refractivity (Wildman–Crippen MR) is 25.9 cm³/mol. The molecule has 0 spiro atoms. The molecule has 3 heteroatoms. The summed E-state index contributed by atoms with van der Waals surface area (Å²) in [6.45, 7) is 2.00. The van der Waals surface area contributed by atoms with Gasteiger partial charge in [-0.1, -0.05) is 0 Å². The van der Waals surface area contributed by atoms with Crippen molar-refractivity contribution in [3.63, 3.8) is 0 Å². The third-order valence-electron chi connectivity index (χ3n) is 0.827. The van der Waals surface area contributed by atoms with Gasteiger partial charge in [-0.3, -0.25) is 0 Å². The molecule has 0 unspecified atom stereocenters. The molecule has 0 bridgehead atoms. The number of rotatable bonds is 0. The average Bonchev–Trinajstić information content (AvgIpc) is 2.23. The zero-order valence-corrected chi connectivity index (χ0v) is 6.96. The molecule has 0 aliphatic carbocycles. The van der Waals surface area contributed by atoms with Crippen molar-refractivity contribution >= 4 is 9.42 Å². The van der Waals surface area contributed by atoms with Gasteiger partial charge in [0.15, 0.2) is 0 Å². The minimum absolute atomic E-state index is 1.00. The predicted octanol–water partition coefficient (Wildman–Crippen LogP) is 1.48. The van der Waals surface area contributed by atoms with Crippen LogP contribution in [0.5, 0.6) is 0 Å². The Kier molecular flexibility index (Phi) is 7.87. The number of halogens is 1. The minimum atomic E-state index is 1.00. The second kappa shape index (κ2) is 6.94. The summed E-state index contributed by atoms with van der Waals surface area (Å²) in [6.07, 6.45) is 2.56. The maximum absolute atomic E-state index is 4.94. The fourth-order valence-corrected chi connectivity index (χ4v) is 0.510. The van der Waals surface area contributed by atoms with Crippen LogP contribution in [0.4, 0.5) is 0 Å². The van der Waals surface area contributed by atoms with E-state index in [1.807, 2.05) is 0 Å². The molecule has 0 aromatic rings. The van der Waals surface area contributed by atoms with Gasteiger partial charge in [0.2, 0.25) is 0 Å². The van der Waals surface area contributed by atoms with Gasteiger partial charge >= 0.3 is 28.2 Å². The van der Waals surface area contributed by atoms with E-state index in [0.29, 0.717) is 0 Å². The Morgan fingerprint density at radius 2 is 1.57 bits per heavy atom. The normalized spacial score (nSPS) is 18.1. The van der Waals surface area contributed by atoms with Crippen molar-refractivity contribution in [1.82, 2.24) is 0 Å². The molecule has 1 fully saturated rings. The van der Waals surface area contributed by atoms with Crippen LogP contribution in [0, 0.1) is 0 Å². The number of ether oxygens (including phenoxy) is 1. The molecule has 1 saturated heterocycles. The molecule has 1 rings (SSSR count). The van der Waals surface area contributed by atoms with E-state index >= 15 is 0 Å².